The summed E-state index contributed by atoms with van der Waals surface area (Å²) in [6.07, 6.45) is 3.71. The van der Waals surface area contributed by atoms with Gasteiger partial charge in [-0.05, 0) is 37.2 Å². The molecule has 0 spiro atoms. The van der Waals surface area contributed by atoms with Gasteiger partial charge in [0.1, 0.15) is 5.82 Å². The second kappa shape index (κ2) is 6.13. The van der Waals surface area contributed by atoms with Crippen LogP contribution in [0.15, 0.2) is 0 Å². The van der Waals surface area contributed by atoms with Gasteiger partial charge in [0.05, 0.1) is 0 Å². The van der Waals surface area contributed by atoms with E-state index >= 15 is 0 Å². The monoisotopic (exact) mass is 281 g/mol. The first-order chi connectivity index (χ1) is 9.31. The van der Waals surface area contributed by atoms with E-state index in [1.54, 1.807) is 0 Å². The molecule has 0 radical (unpaired) electrons. The summed E-state index contributed by atoms with van der Waals surface area (Å²) in [5.74, 6) is 5.36. The smallest absolute Gasteiger partial charge is 0.244 e. The summed E-state index contributed by atoms with van der Waals surface area (Å²) in [6.45, 7) is 5.23. The number of rotatable bonds is 3. The van der Waals surface area contributed by atoms with E-state index in [0.717, 1.165) is 43.7 Å². The van der Waals surface area contributed by atoms with E-state index in [4.69, 9.17) is 0 Å². The largest absolute Gasteiger partial charge is 0.337 e. The van der Waals surface area contributed by atoms with Crippen molar-refractivity contribution in [3.63, 3.8) is 0 Å². The fourth-order valence-electron chi connectivity index (χ4n) is 2.86. The third kappa shape index (κ3) is 3.42. The van der Waals surface area contributed by atoms with E-state index in [1.807, 2.05) is 0 Å². The molecule has 19 heavy (non-hydrogen) atoms. The first kappa shape index (κ1) is 13.2. The standard InChI is InChI=1S/C13H23N5S/c1-10-9-18(5-4-14-10)13-15-12(16-17-13)8-11-2-6-19-7-3-11/h10-11,14H,2-9H2,1H3,(H,15,16,17). The lowest BCUT2D eigenvalue weighted by Crippen LogP contribution is -2.49. The molecule has 0 amide bonds. The summed E-state index contributed by atoms with van der Waals surface area (Å²) < 4.78 is 0. The van der Waals surface area contributed by atoms with Crippen molar-refractivity contribution in [2.45, 2.75) is 32.2 Å². The molecule has 1 aromatic rings. The van der Waals surface area contributed by atoms with Crippen LogP contribution in [0.1, 0.15) is 25.6 Å². The zero-order chi connectivity index (χ0) is 13.1. The number of aromatic amines is 1. The van der Waals surface area contributed by atoms with E-state index in [1.165, 1.54) is 24.3 Å². The molecule has 5 nitrogen and oxygen atoms in total. The molecule has 2 saturated heterocycles. The Kier molecular flexibility index (Phi) is 4.28. The highest BCUT2D eigenvalue weighted by Crippen LogP contribution is 2.25. The van der Waals surface area contributed by atoms with Crippen LogP contribution in [-0.2, 0) is 6.42 Å². The van der Waals surface area contributed by atoms with Crippen molar-refractivity contribution in [2.24, 2.45) is 5.92 Å². The van der Waals surface area contributed by atoms with Crippen LogP contribution in [0.25, 0.3) is 0 Å². The van der Waals surface area contributed by atoms with Gasteiger partial charge in [0, 0.05) is 32.1 Å². The molecule has 2 N–H and O–H groups in total. The van der Waals surface area contributed by atoms with E-state index in [0.29, 0.717) is 6.04 Å². The number of H-pyrrole nitrogens is 1. The molecule has 1 atom stereocenters. The Morgan fingerprint density at radius 3 is 3.00 bits per heavy atom. The van der Waals surface area contributed by atoms with Crippen LogP contribution in [0.5, 0.6) is 0 Å². The van der Waals surface area contributed by atoms with Crippen LogP contribution in [-0.4, -0.2) is 52.4 Å². The minimum absolute atomic E-state index is 0.520. The highest BCUT2D eigenvalue weighted by Gasteiger charge is 2.21. The number of hydrogen-bond acceptors (Lipinski definition) is 5. The van der Waals surface area contributed by atoms with E-state index in [9.17, 15) is 0 Å². The lowest BCUT2D eigenvalue weighted by molar-refractivity contribution is 0.474. The molecule has 6 heteroatoms. The second-order valence-corrected chi connectivity index (χ2v) is 6.87. The number of hydrogen-bond donors (Lipinski definition) is 2. The van der Waals surface area contributed by atoms with Gasteiger partial charge in [0.25, 0.3) is 0 Å². The van der Waals surface area contributed by atoms with Gasteiger partial charge in [-0.1, -0.05) is 0 Å². The van der Waals surface area contributed by atoms with Crippen molar-refractivity contribution in [1.29, 1.82) is 0 Å². The molecule has 2 fully saturated rings. The molecule has 2 aliphatic rings. The summed E-state index contributed by atoms with van der Waals surface area (Å²) >= 11 is 2.08. The lowest BCUT2D eigenvalue weighted by Gasteiger charge is -2.30. The molecular weight excluding hydrogens is 258 g/mol. The topological polar surface area (TPSA) is 56.8 Å². The van der Waals surface area contributed by atoms with Crippen LogP contribution >= 0.6 is 11.8 Å². The number of thioether (sulfide) groups is 1. The van der Waals surface area contributed by atoms with Gasteiger partial charge in [0.15, 0.2) is 0 Å². The number of anilines is 1. The second-order valence-electron chi connectivity index (χ2n) is 5.64. The quantitative estimate of drug-likeness (QED) is 0.874. The number of piperazine rings is 1. The van der Waals surface area contributed by atoms with Crippen LogP contribution in [0.3, 0.4) is 0 Å². The summed E-state index contributed by atoms with van der Waals surface area (Å²) in [5.41, 5.74) is 0. The van der Waals surface area contributed by atoms with E-state index < -0.39 is 0 Å². The Bertz CT molecular complexity index is 401. The molecular formula is C13H23N5S. The predicted octanol–water partition coefficient (Wildman–Crippen LogP) is 1.29. The third-order valence-electron chi connectivity index (χ3n) is 3.99. The van der Waals surface area contributed by atoms with Gasteiger partial charge in [0.2, 0.25) is 5.95 Å². The predicted molar refractivity (Wildman–Crippen MR) is 79.8 cm³/mol. The molecule has 3 rings (SSSR count). The number of aromatic nitrogens is 3. The van der Waals surface area contributed by atoms with Crippen LogP contribution in [0, 0.1) is 5.92 Å². The summed E-state index contributed by atoms with van der Waals surface area (Å²) in [4.78, 5) is 6.96. The van der Waals surface area contributed by atoms with Crippen molar-refractivity contribution in [3.8, 4) is 0 Å². The Morgan fingerprint density at radius 1 is 1.37 bits per heavy atom. The average Bonchev–Trinajstić information content (AvgIpc) is 2.88. The lowest BCUT2D eigenvalue weighted by atomic mass is 9.99. The average molecular weight is 281 g/mol. The van der Waals surface area contributed by atoms with Gasteiger partial charge < -0.3 is 10.2 Å². The maximum absolute atomic E-state index is 4.69. The van der Waals surface area contributed by atoms with Crippen molar-refractivity contribution >= 4 is 17.7 Å². The maximum Gasteiger partial charge on any atom is 0.244 e. The summed E-state index contributed by atoms with van der Waals surface area (Å²) in [5, 5.41) is 11.0. The van der Waals surface area contributed by atoms with Crippen molar-refractivity contribution in [3.05, 3.63) is 5.82 Å². The highest BCUT2D eigenvalue weighted by atomic mass is 32.2. The Morgan fingerprint density at radius 2 is 2.21 bits per heavy atom. The third-order valence-corrected chi connectivity index (χ3v) is 5.04. The molecule has 1 aromatic heterocycles. The Hall–Kier alpha value is -0.750. The van der Waals surface area contributed by atoms with Gasteiger partial charge in [-0.15, -0.1) is 5.10 Å². The van der Waals surface area contributed by atoms with Gasteiger partial charge >= 0.3 is 0 Å². The SMILES string of the molecule is CC1CN(c2n[nH]c(CC3CCSCC3)n2)CCN1. The summed E-state index contributed by atoms with van der Waals surface area (Å²) in [6, 6.07) is 0.520. The molecule has 0 saturated carbocycles. The van der Waals surface area contributed by atoms with E-state index in [-0.39, 0.29) is 0 Å². The molecule has 0 aliphatic carbocycles. The van der Waals surface area contributed by atoms with Gasteiger partial charge in [-0.25, -0.2) is 0 Å². The molecule has 2 aliphatic heterocycles. The summed E-state index contributed by atoms with van der Waals surface area (Å²) in [7, 11) is 0. The normalized spacial score (nSPS) is 25.7. The van der Waals surface area contributed by atoms with Crippen molar-refractivity contribution < 1.29 is 0 Å². The van der Waals surface area contributed by atoms with Crippen LogP contribution in [0.4, 0.5) is 5.95 Å². The molecule has 3 heterocycles. The van der Waals surface area contributed by atoms with Crippen molar-refractivity contribution in [1.82, 2.24) is 20.5 Å². The number of nitrogens with zero attached hydrogens (tertiary/aromatic N) is 3. The van der Waals surface area contributed by atoms with Gasteiger partial charge in [-0.3, -0.25) is 5.10 Å². The minimum Gasteiger partial charge on any atom is -0.337 e. The van der Waals surface area contributed by atoms with Gasteiger partial charge in [-0.2, -0.15) is 16.7 Å². The minimum atomic E-state index is 0.520. The molecule has 0 bridgehead atoms. The first-order valence-corrected chi connectivity index (χ1v) is 8.44. The molecule has 0 aromatic carbocycles. The Balaban J connectivity index is 1.59. The molecule has 106 valence electrons. The number of nitrogens with one attached hydrogen (secondary N) is 2. The van der Waals surface area contributed by atoms with Crippen LogP contribution in [0.2, 0.25) is 0 Å². The highest BCUT2D eigenvalue weighted by molar-refractivity contribution is 7.99. The fraction of sp³-hybridized carbons (Fsp3) is 0.846. The maximum atomic E-state index is 4.69. The van der Waals surface area contributed by atoms with E-state index in [2.05, 4.69) is 44.1 Å². The fourth-order valence-corrected chi connectivity index (χ4v) is 4.06. The zero-order valence-corrected chi connectivity index (χ0v) is 12.4. The Labute approximate surface area is 118 Å². The zero-order valence-electron chi connectivity index (χ0n) is 11.6. The van der Waals surface area contributed by atoms with Crippen molar-refractivity contribution in [2.75, 3.05) is 36.0 Å². The van der Waals surface area contributed by atoms with Crippen LogP contribution < -0.4 is 10.2 Å². The first-order valence-electron chi connectivity index (χ1n) is 7.28. The molecule has 1 unspecified atom stereocenters.